The average molecular weight is 359 g/mol. The molecule has 1 aromatic heterocycles. The van der Waals surface area contributed by atoms with Crippen LogP contribution in [-0.4, -0.2) is 29.4 Å². The first kappa shape index (κ1) is 17.3. The minimum Gasteiger partial charge on any atom is -0.493 e. The Bertz CT molecular complexity index is 923. The molecule has 0 bridgehead atoms. The summed E-state index contributed by atoms with van der Waals surface area (Å²) in [6.45, 7) is 0. The summed E-state index contributed by atoms with van der Waals surface area (Å²) in [6.07, 6.45) is 1.32. The van der Waals surface area contributed by atoms with Gasteiger partial charge in [-0.05, 0) is 24.3 Å². The highest BCUT2D eigenvalue weighted by atomic mass is 19.1. The number of hydrogen-bond donors (Lipinski definition) is 2. The molecule has 9 heteroatoms. The largest absolute Gasteiger partial charge is 0.493 e. The number of hydrogen-bond acceptors (Lipinski definition) is 7. The molecule has 0 radical (unpaired) electrons. The predicted molar refractivity (Wildman–Crippen MR) is 92.3 cm³/mol. The van der Waals surface area contributed by atoms with Crippen molar-refractivity contribution in [1.82, 2.24) is 15.2 Å². The molecule has 1 heterocycles. The Labute approximate surface area is 148 Å². The number of methoxy groups -OCH3 is 2. The van der Waals surface area contributed by atoms with Gasteiger partial charge in [-0.2, -0.15) is 10.1 Å². The molecule has 0 spiro atoms. The molecule has 0 unspecified atom stereocenters. The molecule has 0 saturated carbocycles. The van der Waals surface area contributed by atoms with Crippen LogP contribution in [0.5, 0.6) is 11.5 Å². The lowest BCUT2D eigenvalue weighted by atomic mass is 10.3. The van der Waals surface area contributed by atoms with Crippen molar-refractivity contribution in [2.24, 2.45) is 0 Å². The van der Waals surface area contributed by atoms with Crippen LogP contribution >= 0.6 is 0 Å². The zero-order valence-electron chi connectivity index (χ0n) is 14.0. The fourth-order valence-corrected chi connectivity index (χ4v) is 2.19. The van der Waals surface area contributed by atoms with Crippen molar-refractivity contribution < 1.29 is 18.3 Å². The van der Waals surface area contributed by atoms with Crippen LogP contribution in [0.1, 0.15) is 0 Å². The van der Waals surface area contributed by atoms with Crippen molar-refractivity contribution in [3.8, 4) is 11.5 Å². The third-order valence-electron chi connectivity index (χ3n) is 3.39. The van der Waals surface area contributed by atoms with Crippen LogP contribution in [0, 0.1) is 11.6 Å². The Morgan fingerprint density at radius 2 is 1.73 bits per heavy atom. The summed E-state index contributed by atoms with van der Waals surface area (Å²) in [6, 6.07) is 8.38. The van der Waals surface area contributed by atoms with Crippen molar-refractivity contribution in [3.05, 3.63) is 54.2 Å². The Morgan fingerprint density at radius 3 is 2.46 bits per heavy atom. The predicted octanol–water partition coefficient (Wildman–Crippen LogP) is 3.65. The molecule has 0 amide bonds. The molecule has 2 N–H and O–H groups in total. The molecule has 134 valence electrons. The molecule has 0 fully saturated rings. The van der Waals surface area contributed by atoms with E-state index < -0.39 is 11.6 Å². The van der Waals surface area contributed by atoms with Crippen LogP contribution in [0.4, 0.5) is 31.9 Å². The van der Waals surface area contributed by atoms with Gasteiger partial charge in [-0.25, -0.2) is 8.78 Å². The Balaban J connectivity index is 1.79. The molecule has 0 aliphatic carbocycles. The molecule has 0 aliphatic heterocycles. The second-order valence-corrected chi connectivity index (χ2v) is 5.11. The van der Waals surface area contributed by atoms with Crippen LogP contribution < -0.4 is 20.1 Å². The van der Waals surface area contributed by atoms with E-state index in [0.717, 1.165) is 12.1 Å². The van der Waals surface area contributed by atoms with Gasteiger partial charge in [0.05, 0.1) is 26.1 Å². The zero-order valence-corrected chi connectivity index (χ0v) is 14.0. The van der Waals surface area contributed by atoms with Gasteiger partial charge in [-0.3, -0.25) is 0 Å². The molecule has 7 nitrogen and oxygen atoms in total. The lowest BCUT2D eigenvalue weighted by Gasteiger charge is -2.11. The second kappa shape index (κ2) is 7.60. The van der Waals surface area contributed by atoms with Crippen molar-refractivity contribution in [2.45, 2.75) is 0 Å². The van der Waals surface area contributed by atoms with Gasteiger partial charge >= 0.3 is 0 Å². The van der Waals surface area contributed by atoms with Gasteiger partial charge < -0.3 is 20.1 Å². The lowest BCUT2D eigenvalue weighted by Crippen LogP contribution is -2.03. The number of anilines is 4. The van der Waals surface area contributed by atoms with Gasteiger partial charge in [0.25, 0.3) is 0 Å². The monoisotopic (exact) mass is 359 g/mol. The number of benzene rings is 2. The van der Waals surface area contributed by atoms with Crippen LogP contribution in [-0.2, 0) is 0 Å². The van der Waals surface area contributed by atoms with Crippen molar-refractivity contribution in [1.29, 1.82) is 0 Å². The summed E-state index contributed by atoms with van der Waals surface area (Å²) in [7, 11) is 3.07. The van der Waals surface area contributed by atoms with Crippen LogP contribution in [0.15, 0.2) is 42.6 Å². The van der Waals surface area contributed by atoms with Crippen LogP contribution in [0.2, 0.25) is 0 Å². The fraction of sp³-hybridized carbons (Fsp3) is 0.118. The maximum absolute atomic E-state index is 13.7. The first-order valence-electron chi connectivity index (χ1n) is 7.50. The van der Waals surface area contributed by atoms with Gasteiger partial charge in [0.1, 0.15) is 11.6 Å². The van der Waals surface area contributed by atoms with Gasteiger partial charge in [0.2, 0.25) is 5.95 Å². The second-order valence-electron chi connectivity index (χ2n) is 5.11. The third-order valence-corrected chi connectivity index (χ3v) is 3.39. The van der Waals surface area contributed by atoms with E-state index in [4.69, 9.17) is 9.47 Å². The van der Waals surface area contributed by atoms with E-state index in [2.05, 4.69) is 25.8 Å². The van der Waals surface area contributed by atoms with E-state index in [1.165, 1.54) is 19.4 Å². The summed E-state index contributed by atoms with van der Waals surface area (Å²) < 4.78 is 37.1. The molecule has 0 aliphatic rings. The van der Waals surface area contributed by atoms with Crippen molar-refractivity contribution >= 4 is 23.1 Å². The topological polar surface area (TPSA) is 81.2 Å². The van der Waals surface area contributed by atoms with Gasteiger partial charge in [-0.1, -0.05) is 0 Å². The summed E-state index contributed by atoms with van der Waals surface area (Å²) in [5.74, 6) is 0.147. The Morgan fingerprint density at radius 1 is 0.923 bits per heavy atom. The van der Waals surface area contributed by atoms with Crippen LogP contribution in [0.3, 0.4) is 0 Å². The van der Waals surface area contributed by atoms with E-state index in [1.807, 2.05) is 0 Å². The normalized spacial score (nSPS) is 10.3. The first-order valence-corrected chi connectivity index (χ1v) is 7.50. The maximum Gasteiger partial charge on any atom is 0.249 e. The number of aromatic nitrogens is 3. The third kappa shape index (κ3) is 3.94. The fourth-order valence-electron chi connectivity index (χ4n) is 2.19. The number of nitrogens with one attached hydrogen (secondary N) is 2. The first-order chi connectivity index (χ1) is 12.6. The van der Waals surface area contributed by atoms with E-state index in [1.54, 1.807) is 25.3 Å². The van der Waals surface area contributed by atoms with E-state index >= 15 is 0 Å². The molecule has 3 rings (SSSR count). The molecule has 0 saturated heterocycles. The highest BCUT2D eigenvalue weighted by molar-refractivity contribution is 5.61. The molecule has 0 atom stereocenters. The standard InChI is InChI=1S/C17H15F2N5O2/c1-25-14-6-4-11(8-15(14)26-2)21-17-23-16(9-20-24-17)22-13-5-3-10(18)7-12(13)19/h3-9H,1-2H3,(H2,21,22,23,24). The summed E-state index contributed by atoms with van der Waals surface area (Å²) in [4.78, 5) is 4.20. The van der Waals surface area contributed by atoms with Crippen molar-refractivity contribution in [2.75, 3.05) is 24.9 Å². The molecular weight excluding hydrogens is 344 g/mol. The Kier molecular flexibility index (Phi) is 5.07. The lowest BCUT2D eigenvalue weighted by molar-refractivity contribution is 0.355. The smallest absolute Gasteiger partial charge is 0.249 e. The van der Waals surface area contributed by atoms with Crippen LogP contribution in [0.25, 0.3) is 0 Å². The average Bonchev–Trinajstić information content (AvgIpc) is 2.64. The summed E-state index contributed by atoms with van der Waals surface area (Å²) in [5.41, 5.74) is 0.721. The van der Waals surface area contributed by atoms with Gasteiger partial charge in [0.15, 0.2) is 17.3 Å². The van der Waals surface area contributed by atoms with E-state index in [0.29, 0.717) is 17.2 Å². The minimum absolute atomic E-state index is 0.0731. The van der Waals surface area contributed by atoms with E-state index in [-0.39, 0.29) is 17.5 Å². The van der Waals surface area contributed by atoms with E-state index in [9.17, 15) is 8.78 Å². The molecule has 26 heavy (non-hydrogen) atoms. The highest BCUT2D eigenvalue weighted by Gasteiger charge is 2.08. The molecule has 2 aromatic carbocycles. The summed E-state index contributed by atoms with van der Waals surface area (Å²) in [5, 5.41) is 13.4. The molecular formula is C17H15F2N5O2. The molecule has 3 aromatic rings. The number of halogens is 2. The zero-order chi connectivity index (χ0) is 18.5. The number of nitrogens with zero attached hydrogens (tertiary/aromatic N) is 3. The maximum atomic E-state index is 13.7. The quantitative estimate of drug-likeness (QED) is 0.695. The number of rotatable bonds is 6. The van der Waals surface area contributed by atoms with Crippen molar-refractivity contribution in [3.63, 3.8) is 0 Å². The number of ether oxygens (including phenoxy) is 2. The van der Waals surface area contributed by atoms with Gasteiger partial charge in [-0.15, -0.1) is 5.10 Å². The SMILES string of the molecule is COc1ccc(Nc2nncc(Nc3ccc(F)cc3F)n2)cc1OC. The Hall–Kier alpha value is -3.49. The van der Waals surface area contributed by atoms with Gasteiger partial charge in [0, 0.05) is 17.8 Å². The minimum atomic E-state index is -0.738. The highest BCUT2D eigenvalue weighted by Crippen LogP contribution is 2.30. The summed E-state index contributed by atoms with van der Waals surface area (Å²) >= 11 is 0.